The van der Waals surface area contributed by atoms with Gasteiger partial charge in [-0.25, -0.2) is 4.39 Å². The third-order valence-corrected chi connectivity index (χ3v) is 3.18. The molecule has 0 saturated carbocycles. The molecule has 0 bridgehead atoms. The zero-order chi connectivity index (χ0) is 11.9. The number of hydrogen-bond acceptors (Lipinski definition) is 2. The molecule has 1 heterocycles. The smallest absolute Gasteiger partial charge is 0.325 e. The first-order chi connectivity index (χ1) is 7.50. The van der Waals surface area contributed by atoms with Crippen molar-refractivity contribution >= 4 is 51.1 Å². The minimum Gasteiger partial charge on any atom is -0.480 e. The average Bonchev–Trinajstić information content (AvgIpc) is 2.49. The molecule has 0 aliphatic rings. The normalized spacial score (nSPS) is 10.9. The summed E-state index contributed by atoms with van der Waals surface area (Å²) in [6, 6.07) is 2.66. The van der Waals surface area contributed by atoms with E-state index in [1.54, 1.807) is 0 Å². The molecule has 0 aliphatic heterocycles. The second-order valence-electron chi connectivity index (χ2n) is 3.10. The first kappa shape index (κ1) is 11.6. The quantitative estimate of drug-likeness (QED) is 0.843. The van der Waals surface area contributed by atoms with Crippen LogP contribution < -0.4 is 0 Å². The molecule has 16 heavy (non-hydrogen) atoms. The standard InChI is InChI=1S/C9H5ClFIN2O2/c10-8-4(11)1-2-5-7(8)9(12)13-14(5)3-6(15)16/h1-2H,3H2,(H,15,16). The van der Waals surface area contributed by atoms with Crippen molar-refractivity contribution in [3.8, 4) is 0 Å². The van der Waals surface area contributed by atoms with Gasteiger partial charge in [0.2, 0.25) is 0 Å². The average molecular weight is 355 g/mol. The predicted molar refractivity (Wildman–Crippen MR) is 65.1 cm³/mol. The molecule has 84 valence electrons. The summed E-state index contributed by atoms with van der Waals surface area (Å²) < 4.78 is 15.0. The van der Waals surface area contributed by atoms with E-state index in [4.69, 9.17) is 16.7 Å². The minimum atomic E-state index is -1.01. The summed E-state index contributed by atoms with van der Waals surface area (Å²) in [6.07, 6.45) is 0. The van der Waals surface area contributed by atoms with Crippen molar-refractivity contribution in [1.29, 1.82) is 0 Å². The number of fused-ring (bicyclic) bond motifs is 1. The highest BCUT2D eigenvalue weighted by Gasteiger charge is 2.15. The van der Waals surface area contributed by atoms with Crippen molar-refractivity contribution in [1.82, 2.24) is 9.78 Å². The number of carbonyl (C=O) groups is 1. The minimum absolute atomic E-state index is 0.0291. The molecule has 0 saturated heterocycles. The van der Waals surface area contributed by atoms with Gasteiger partial charge in [0.1, 0.15) is 16.1 Å². The highest BCUT2D eigenvalue weighted by Crippen LogP contribution is 2.30. The molecule has 1 aromatic heterocycles. The number of nitrogens with zero attached hydrogens (tertiary/aromatic N) is 2. The van der Waals surface area contributed by atoms with Crippen molar-refractivity contribution in [3.63, 3.8) is 0 Å². The summed E-state index contributed by atoms with van der Waals surface area (Å²) in [5.74, 6) is -1.55. The van der Waals surface area contributed by atoms with E-state index in [1.807, 2.05) is 22.6 Å². The Labute approximate surface area is 108 Å². The predicted octanol–water partition coefficient (Wildman–Crippen LogP) is 2.52. The van der Waals surface area contributed by atoms with Crippen molar-refractivity contribution < 1.29 is 14.3 Å². The maximum atomic E-state index is 13.2. The fourth-order valence-corrected chi connectivity index (χ4v) is 2.63. The van der Waals surface area contributed by atoms with Gasteiger partial charge in [0, 0.05) is 0 Å². The molecule has 0 unspecified atom stereocenters. The first-order valence-corrected chi connectivity index (χ1v) is 5.68. The molecule has 1 aromatic carbocycles. The Morgan fingerprint density at radius 3 is 2.94 bits per heavy atom. The Bertz CT molecular complexity index is 584. The molecule has 0 spiro atoms. The van der Waals surface area contributed by atoms with E-state index in [0.29, 0.717) is 14.6 Å². The van der Waals surface area contributed by atoms with Gasteiger partial charge in [-0.3, -0.25) is 9.48 Å². The topological polar surface area (TPSA) is 55.1 Å². The van der Waals surface area contributed by atoms with Crippen molar-refractivity contribution in [2.45, 2.75) is 6.54 Å². The van der Waals surface area contributed by atoms with Crippen LogP contribution >= 0.6 is 34.2 Å². The van der Waals surface area contributed by atoms with Crippen LogP contribution in [0, 0.1) is 9.52 Å². The van der Waals surface area contributed by atoms with Gasteiger partial charge >= 0.3 is 5.97 Å². The van der Waals surface area contributed by atoms with Gasteiger partial charge in [0.25, 0.3) is 0 Å². The lowest BCUT2D eigenvalue weighted by atomic mass is 10.2. The van der Waals surface area contributed by atoms with E-state index < -0.39 is 11.8 Å². The van der Waals surface area contributed by atoms with E-state index in [0.717, 1.165) is 0 Å². The number of halogens is 3. The van der Waals surface area contributed by atoms with Gasteiger partial charge in [-0.05, 0) is 34.7 Å². The maximum Gasteiger partial charge on any atom is 0.325 e. The number of hydrogen-bond donors (Lipinski definition) is 1. The Balaban J connectivity index is 2.72. The Kier molecular flexibility index (Phi) is 3.02. The second kappa shape index (κ2) is 4.17. The van der Waals surface area contributed by atoms with Crippen LogP contribution in [0.25, 0.3) is 10.9 Å². The molecular formula is C9H5ClFIN2O2. The molecule has 0 radical (unpaired) electrons. The van der Waals surface area contributed by atoms with Gasteiger partial charge in [-0.2, -0.15) is 5.10 Å². The van der Waals surface area contributed by atoms with Gasteiger partial charge < -0.3 is 5.11 Å². The van der Waals surface area contributed by atoms with Crippen LogP contribution in [-0.4, -0.2) is 20.9 Å². The molecule has 4 nitrogen and oxygen atoms in total. The third-order valence-electron chi connectivity index (χ3n) is 2.05. The molecule has 1 N–H and O–H groups in total. The van der Waals surface area contributed by atoms with Crippen molar-refractivity contribution in [2.75, 3.05) is 0 Å². The van der Waals surface area contributed by atoms with Crippen LogP contribution in [0.5, 0.6) is 0 Å². The molecular weight excluding hydrogens is 349 g/mol. The molecule has 0 aliphatic carbocycles. The SMILES string of the molecule is O=C(O)Cn1nc(I)c2c(Cl)c(F)ccc21. The van der Waals surface area contributed by atoms with E-state index >= 15 is 0 Å². The zero-order valence-electron chi connectivity index (χ0n) is 7.75. The largest absolute Gasteiger partial charge is 0.480 e. The van der Waals surface area contributed by atoms with Crippen molar-refractivity contribution in [3.05, 3.63) is 26.7 Å². The summed E-state index contributed by atoms with van der Waals surface area (Å²) in [5, 5.41) is 13.1. The van der Waals surface area contributed by atoms with Gasteiger partial charge in [0.15, 0.2) is 0 Å². The number of rotatable bonds is 2. The van der Waals surface area contributed by atoms with E-state index in [2.05, 4.69) is 5.10 Å². The number of aromatic nitrogens is 2. The van der Waals surface area contributed by atoms with Crippen LogP contribution in [-0.2, 0) is 11.3 Å². The Morgan fingerprint density at radius 1 is 1.62 bits per heavy atom. The van der Waals surface area contributed by atoms with Crippen LogP contribution in [0.2, 0.25) is 5.02 Å². The van der Waals surface area contributed by atoms with Crippen LogP contribution in [0.15, 0.2) is 12.1 Å². The molecule has 7 heteroatoms. The van der Waals surface area contributed by atoms with E-state index in [9.17, 15) is 9.18 Å². The number of carboxylic acid groups (broad SMARTS) is 1. The summed E-state index contributed by atoms with van der Waals surface area (Å²) >= 11 is 7.69. The lowest BCUT2D eigenvalue weighted by molar-refractivity contribution is -0.137. The van der Waals surface area contributed by atoms with Gasteiger partial charge in [-0.1, -0.05) is 11.6 Å². The first-order valence-electron chi connectivity index (χ1n) is 4.22. The highest BCUT2D eigenvalue weighted by atomic mass is 127. The van der Waals surface area contributed by atoms with Gasteiger partial charge in [0.05, 0.1) is 15.9 Å². The summed E-state index contributed by atoms with van der Waals surface area (Å²) in [7, 11) is 0. The fourth-order valence-electron chi connectivity index (χ4n) is 1.41. The molecule has 0 fully saturated rings. The summed E-state index contributed by atoms with van der Waals surface area (Å²) in [5.41, 5.74) is 0.512. The monoisotopic (exact) mass is 354 g/mol. The molecule has 2 rings (SSSR count). The highest BCUT2D eigenvalue weighted by molar-refractivity contribution is 14.1. The number of benzene rings is 1. The lowest BCUT2D eigenvalue weighted by Gasteiger charge is -1.99. The Morgan fingerprint density at radius 2 is 2.31 bits per heavy atom. The number of aliphatic carboxylic acids is 1. The third kappa shape index (κ3) is 1.86. The molecule has 0 atom stereocenters. The zero-order valence-corrected chi connectivity index (χ0v) is 10.7. The summed E-state index contributed by atoms with van der Waals surface area (Å²) in [6.45, 7) is -0.276. The van der Waals surface area contributed by atoms with E-state index in [-0.39, 0.29) is 11.6 Å². The lowest BCUT2D eigenvalue weighted by Crippen LogP contribution is -2.09. The van der Waals surface area contributed by atoms with Crippen LogP contribution in [0.4, 0.5) is 4.39 Å². The molecule has 2 aromatic rings. The Hall–Kier alpha value is -0.890. The van der Waals surface area contributed by atoms with Crippen molar-refractivity contribution in [2.24, 2.45) is 0 Å². The summed E-state index contributed by atoms with van der Waals surface area (Å²) in [4.78, 5) is 10.6. The molecule has 0 amide bonds. The maximum absolute atomic E-state index is 13.2. The van der Waals surface area contributed by atoms with Crippen LogP contribution in [0.1, 0.15) is 0 Å². The van der Waals surface area contributed by atoms with E-state index in [1.165, 1.54) is 16.8 Å². The van der Waals surface area contributed by atoms with Crippen LogP contribution in [0.3, 0.4) is 0 Å². The van der Waals surface area contributed by atoms with Gasteiger partial charge in [-0.15, -0.1) is 0 Å². The second-order valence-corrected chi connectivity index (χ2v) is 4.50. The number of carboxylic acids is 1. The fraction of sp³-hybridized carbons (Fsp3) is 0.111.